The Morgan fingerprint density at radius 2 is 2.20 bits per heavy atom. The molecule has 0 saturated heterocycles. The molecule has 30 heavy (non-hydrogen) atoms. The normalized spacial score (nSPS) is 13.0. The lowest BCUT2D eigenvalue weighted by molar-refractivity contribution is 0.102. The van der Waals surface area contributed by atoms with Gasteiger partial charge in [-0.2, -0.15) is 0 Å². The minimum Gasteiger partial charge on any atom is -0.383 e. The molecular weight excluding hydrogens is 382 g/mol. The molecule has 0 bridgehead atoms. The van der Waals surface area contributed by atoms with Gasteiger partial charge in [-0.3, -0.25) is 9.78 Å². The van der Waals surface area contributed by atoms with Crippen molar-refractivity contribution < 1.29 is 9.53 Å². The van der Waals surface area contributed by atoms with Gasteiger partial charge < -0.3 is 19.2 Å². The number of ether oxygens (including phenoxy) is 1. The number of carbonyl (C=O) groups is 1. The van der Waals surface area contributed by atoms with Gasteiger partial charge in [-0.15, -0.1) is 10.2 Å². The molecule has 9 nitrogen and oxygen atoms in total. The molecule has 0 atom stereocenters. The maximum absolute atomic E-state index is 12.8. The molecule has 0 radical (unpaired) electrons. The summed E-state index contributed by atoms with van der Waals surface area (Å²) in [6, 6.07) is 9.24. The minimum atomic E-state index is -0.312. The average molecular weight is 403 g/mol. The van der Waals surface area contributed by atoms with Crippen LogP contribution < -0.4 is 5.32 Å². The van der Waals surface area contributed by atoms with Crippen LogP contribution in [0.3, 0.4) is 0 Å². The van der Waals surface area contributed by atoms with Crippen LogP contribution in [0.4, 0.5) is 5.82 Å². The first-order valence-corrected chi connectivity index (χ1v) is 9.87. The topological polar surface area (TPSA) is 99.8 Å². The van der Waals surface area contributed by atoms with Gasteiger partial charge in [0.05, 0.1) is 12.1 Å². The quantitative estimate of drug-likeness (QED) is 0.531. The number of anilines is 1. The molecule has 0 spiro atoms. The van der Waals surface area contributed by atoms with Gasteiger partial charge in [-0.1, -0.05) is 6.07 Å². The van der Waals surface area contributed by atoms with Gasteiger partial charge in [-0.25, -0.2) is 4.98 Å². The smallest absolute Gasteiger partial charge is 0.275 e. The third kappa shape index (κ3) is 3.33. The Bertz CT molecular complexity index is 1230. The summed E-state index contributed by atoms with van der Waals surface area (Å²) < 4.78 is 9.28. The zero-order valence-electron chi connectivity index (χ0n) is 16.6. The summed E-state index contributed by atoms with van der Waals surface area (Å²) in [5.41, 5.74) is 1.95. The molecule has 0 unspecified atom stereocenters. The van der Waals surface area contributed by atoms with Crippen LogP contribution in [0.2, 0.25) is 0 Å². The number of hydrogen-bond acceptors (Lipinski definition) is 6. The highest BCUT2D eigenvalue weighted by atomic mass is 16.5. The Hall–Kier alpha value is -3.59. The molecule has 5 heterocycles. The van der Waals surface area contributed by atoms with E-state index in [1.54, 1.807) is 25.4 Å². The van der Waals surface area contributed by atoms with Crippen LogP contribution in [0, 0.1) is 0 Å². The molecule has 0 saturated carbocycles. The number of nitrogens with zero attached hydrogens (tertiary/aromatic N) is 6. The molecule has 9 heteroatoms. The molecule has 1 N–H and O–H groups in total. The Kier molecular flexibility index (Phi) is 4.72. The van der Waals surface area contributed by atoms with Gasteiger partial charge in [0.1, 0.15) is 23.0 Å². The number of carbonyl (C=O) groups excluding carboxylic acids is 1. The summed E-state index contributed by atoms with van der Waals surface area (Å²) in [4.78, 5) is 21.7. The van der Waals surface area contributed by atoms with E-state index in [0.717, 1.165) is 41.9 Å². The molecule has 0 fully saturated rings. The number of hydrogen-bond donors (Lipinski definition) is 1. The molecular formula is C21H21N7O2. The monoisotopic (exact) mass is 403 g/mol. The predicted octanol–water partition coefficient (Wildman–Crippen LogP) is 2.53. The van der Waals surface area contributed by atoms with Gasteiger partial charge in [0.15, 0.2) is 5.82 Å². The number of pyridine rings is 2. The van der Waals surface area contributed by atoms with E-state index in [4.69, 9.17) is 4.74 Å². The lowest BCUT2D eigenvalue weighted by atomic mass is 10.2. The van der Waals surface area contributed by atoms with Crippen molar-refractivity contribution in [1.29, 1.82) is 0 Å². The largest absolute Gasteiger partial charge is 0.383 e. The second kappa shape index (κ2) is 7.68. The van der Waals surface area contributed by atoms with Crippen LogP contribution in [0.25, 0.3) is 22.4 Å². The standard InChI is InChI=1S/C21H21N7O2/c1-30-11-10-27-9-7-14-13-22-16(12-17(14)27)21(29)24-18-5-2-4-15(23-18)20-26-25-19-6-3-8-28(19)20/h2,4-5,7,9,12-13H,3,6,8,10-11H2,1H3,(H,23,24,29). The van der Waals surface area contributed by atoms with Crippen molar-refractivity contribution in [2.45, 2.75) is 25.9 Å². The van der Waals surface area contributed by atoms with Crippen LogP contribution in [0.5, 0.6) is 0 Å². The molecule has 1 aliphatic rings. The number of fused-ring (bicyclic) bond motifs is 2. The van der Waals surface area contributed by atoms with E-state index in [-0.39, 0.29) is 5.91 Å². The summed E-state index contributed by atoms with van der Waals surface area (Å²) in [7, 11) is 1.67. The SMILES string of the molecule is COCCn1ccc2cnc(C(=O)Nc3cccc(-c4nnc5n4CCC5)n3)cc21. The van der Waals surface area contributed by atoms with E-state index < -0.39 is 0 Å². The zero-order chi connectivity index (χ0) is 20.5. The summed E-state index contributed by atoms with van der Waals surface area (Å²) in [6.45, 7) is 2.19. The Balaban J connectivity index is 1.39. The lowest BCUT2D eigenvalue weighted by Gasteiger charge is -2.08. The first-order chi connectivity index (χ1) is 14.7. The van der Waals surface area contributed by atoms with E-state index in [1.807, 2.05) is 29.0 Å². The van der Waals surface area contributed by atoms with Crippen molar-refractivity contribution >= 4 is 22.6 Å². The first-order valence-electron chi connectivity index (χ1n) is 9.87. The van der Waals surface area contributed by atoms with E-state index in [9.17, 15) is 4.79 Å². The van der Waals surface area contributed by atoms with Crippen LogP contribution in [-0.2, 0) is 24.2 Å². The van der Waals surface area contributed by atoms with E-state index in [1.165, 1.54) is 0 Å². The molecule has 152 valence electrons. The second-order valence-electron chi connectivity index (χ2n) is 7.19. The van der Waals surface area contributed by atoms with E-state index in [2.05, 4.69) is 30.0 Å². The third-order valence-electron chi connectivity index (χ3n) is 5.25. The number of nitrogens with one attached hydrogen (secondary N) is 1. The number of amides is 1. The molecule has 4 aromatic heterocycles. The fourth-order valence-corrected chi connectivity index (χ4v) is 3.74. The molecule has 0 aromatic carbocycles. The van der Waals surface area contributed by atoms with Crippen LogP contribution in [0.15, 0.2) is 42.7 Å². The van der Waals surface area contributed by atoms with Crippen LogP contribution in [-0.4, -0.2) is 48.9 Å². The van der Waals surface area contributed by atoms with Gasteiger partial charge in [0.25, 0.3) is 5.91 Å². The van der Waals surface area contributed by atoms with Gasteiger partial charge >= 0.3 is 0 Å². The Labute approximate surface area is 172 Å². The van der Waals surface area contributed by atoms with Crippen molar-refractivity contribution in [3.8, 4) is 11.5 Å². The highest BCUT2D eigenvalue weighted by Crippen LogP contribution is 2.23. The number of rotatable bonds is 6. The van der Waals surface area contributed by atoms with Crippen LogP contribution in [0.1, 0.15) is 22.7 Å². The van der Waals surface area contributed by atoms with Crippen molar-refractivity contribution in [3.05, 3.63) is 54.2 Å². The van der Waals surface area contributed by atoms with Gasteiger partial charge in [0.2, 0.25) is 0 Å². The van der Waals surface area contributed by atoms with Crippen LogP contribution >= 0.6 is 0 Å². The summed E-state index contributed by atoms with van der Waals surface area (Å²) in [6.07, 6.45) is 5.67. The van der Waals surface area contributed by atoms with Gasteiger partial charge in [0, 0.05) is 44.4 Å². The fraction of sp³-hybridized carbons (Fsp3) is 0.286. The summed E-state index contributed by atoms with van der Waals surface area (Å²) >= 11 is 0. The minimum absolute atomic E-state index is 0.312. The molecule has 1 aliphatic heterocycles. The highest BCUT2D eigenvalue weighted by Gasteiger charge is 2.19. The Morgan fingerprint density at radius 3 is 3.10 bits per heavy atom. The molecule has 1 amide bonds. The van der Waals surface area contributed by atoms with E-state index in [0.29, 0.717) is 30.4 Å². The first kappa shape index (κ1) is 18.4. The molecule has 5 rings (SSSR count). The highest BCUT2D eigenvalue weighted by molar-refractivity contribution is 6.04. The van der Waals surface area contributed by atoms with Crippen molar-refractivity contribution in [3.63, 3.8) is 0 Å². The van der Waals surface area contributed by atoms with Crippen molar-refractivity contribution in [2.75, 3.05) is 19.0 Å². The predicted molar refractivity (Wildman–Crippen MR) is 111 cm³/mol. The average Bonchev–Trinajstić information content (AvgIpc) is 3.47. The second-order valence-corrected chi connectivity index (χ2v) is 7.19. The zero-order valence-corrected chi connectivity index (χ0v) is 16.6. The number of aryl methyl sites for hydroxylation is 1. The third-order valence-corrected chi connectivity index (χ3v) is 5.25. The number of aromatic nitrogens is 6. The fourth-order valence-electron chi connectivity index (χ4n) is 3.74. The molecule has 0 aliphatic carbocycles. The number of methoxy groups -OCH3 is 1. The van der Waals surface area contributed by atoms with Crippen molar-refractivity contribution in [1.82, 2.24) is 29.3 Å². The summed E-state index contributed by atoms with van der Waals surface area (Å²) in [5.74, 6) is 1.85. The van der Waals surface area contributed by atoms with Gasteiger partial charge in [-0.05, 0) is 30.7 Å². The van der Waals surface area contributed by atoms with Crippen molar-refractivity contribution in [2.24, 2.45) is 0 Å². The lowest BCUT2D eigenvalue weighted by Crippen LogP contribution is -2.15. The maximum atomic E-state index is 12.8. The van der Waals surface area contributed by atoms with E-state index >= 15 is 0 Å². The maximum Gasteiger partial charge on any atom is 0.275 e. The Morgan fingerprint density at radius 1 is 1.27 bits per heavy atom. The molecule has 4 aromatic rings. The summed E-state index contributed by atoms with van der Waals surface area (Å²) in [5, 5.41) is 12.3.